The number of nitrogens with one attached hydrogen (secondary N) is 2. The van der Waals surface area contributed by atoms with Crippen LogP contribution in [0.15, 0.2) is 42.5 Å². The lowest BCUT2D eigenvalue weighted by atomic mass is 10.0. The summed E-state index contributed by atoms with van der Waals surface area (Å²) in [5.41, 5.74) is 5.18. The van der Waals surface area contributed by atoms with E-state index < -0.39 is 0 Å². The number of carbonyl (C=O) groups excluding carboxylic acids is 1. The van der Waals surface area contributed by atoms with Gasteiger partial charge in [-0.3, -0.25) is 4.79 Å². The zero-order valence-electron chi connectivity index (χ0n) is 12.3. The van der Waals surface area contributed by atoms with Crippen LogP contribution >= 0.6 is 0 Å². The molecule has 0 fully saturated rings. The van der Waals surface area contributed by atoms with Gasteiger partial charge in [0.15, 0.2) is 0 Å². The number of fused-ring (bicyclic) bond motifs is 1. The highest BCUT2D eigenvalue weighted by atomic mass is 16.1. The molecule has 0 saturated heterocycles. The average Bonchev–Trinajstić information content (AvgIpc) is 2.55. The number of para-hydroxylation sites is 1. The monoisotopic (exact) mass is 280 g/mol. The smallest absolute Gasteiger partial charge is 0.255 e. The molecule has 21 heavy (non-hydrogen) atoms. The highest BCUT2D eigenvalue weighted by Crippen LogP contribution is 2.24. The normalized spacial score (nSPS) is 13.2. The fourth-order valence-electron chi connectivity index (χ4n) is 2.76. The SMILES string of the molecule is CCc1ccccc1NC(=O)c1ccc2c(c1)CCCN2. The molecule has 1 heterocycles. The maximum atomic E-state index is 12.4. The standard InChI is InChI=1S/C18H20N2O/c1-2-13-6-3-4-8-17(13)20-18(21)15-9-10-16-14(12-15)7-5-11-19-16/h3-4,6,8-10,12,19H,2,5,7,11H2,1H3,(H,20,21). The molecule has 1 amide bonds. The van der Waals surface area contributed by atoms with E-state index in [1.165, 1.54) is 5.56 Å². The van der Waals surface area contributed by atoms with Gasteiger partial charge in [-0.2, -0.15) is 0 Å². The lowest BCUT2D eigenvalue weighted by Gasteiger charge is -2.18. The van der Waals surface area contributed by atoms with E-state index in [0.29, 0.717) is 0 Å². The minimum absolute atomic E-state index is 0.0377. The van der Waals surface area contributed by atoms with Crippen molar-refractivity contribution in [3.8, 4) is 0 Å². The summed E-state index contributed by atoms with van der Waals surface area (Å²) < 4.78 is 0. The van der Waals surface area contributed by atoms with Crippen molar-refractivity contribution in [3.63, 3.8) is 0 Å². The van der Waals surface area contributed by atoms with Crippen molar-refractivity contribution in [2.45, 2.75) is 26.2 Å². The van der Waals surface area contributed by atoms with Crippen molar-refractivity contribution in [1.29, 1.82) is 0 Å². The Morgan fingerprint density at radius 1 is 1.24 bits per heavy atom. The highest BCUT2D eigenvalue weighted by Gasteiger charge is 2.13. The van der Waals surface area contributed by atoms with Crippen LogP contribution in [0, 0.1) is 0 Å². The van der Waals surface area contributed by atoms with Gasteiger partial charge in [0.1, 0.15) is 0 Å². The molecule has 0 bridgehead atoms. The largest absolute Gasteiger partial charge is 0.385 e. The van der Waals surface area contributed by atoms with Crippen molar-refractivity contribution >= 4 is 17.3 Å². The summed E-state index contributed by atoms with van der Waals surface area (Å²) in [5, 5.41) is 6.39. The number of hydrogen-bond acceptors (Lipinski definition) is 2. The van der Waals surface area contributed by atoms with Gasteiger partial charge in [-0.15, -0.1) is 0 Å². The van der Waals surface area contributed by atoms with Gasteiger partial charge >= 0.3 is 0 Å². The molecule has 0 unspecified atom stereocenters. The Morgan fingerprint density at radius 3 is 2.95 bits per heavy atom. The third-order valence-electron chi connectivity index (χ3n) is 3.95. The quantitative estimate of drug-likeness (QED) is 0.896. The fraction of sp³-hybridized carbons (Fsp3) is 0.278. The van der Waals surface area contributed by atoms with E-state index >= 15 is 0 Å². The minimum atomic E-state index is -0.0377. The molecule has 2 aromatic rings. The van der Waals surface area contributed by atoms with Gasteiger partial charge in [-0.25, -0.2) is 0 Å². The molecule has 1 aliphatic rings. The van der Waals surface area contributed by atoms with Gasteiger partial charge in [0.05, 0.1) is 0 Å². The number of carbonyl (C=O) groups is 1. The van der Waals surface area contributed by atoms with Crippen LogP contribution in [0.1, 0.15) is 34.8 Å². The summed E-state index contributed by atoms with van der Waals surface area (Å²) in [6, 6.07) is 13.9. The molecular weight excluding hydrogens is 260 g/mol. The average molecular weight is 280 g/mol. The van der Waals surface area contributed by atoms with Crippen LogP contribution in [0.5, 0.6) is 0 Å². The van der Waals surface area contributed by atoms with E-state index in [9.17, 15) is 4.79 Å². The molecule has 0 saturated carbocycles. The summed E-state index contributed by atoms with van der Waals surface area (Å²) >= 11 is 0. The second-order valence-electron chi connectivity index (χ2n) is 5.37. The Hall–Kier alpha value is -2.29. The third-order valence-corrected chi connectivity index (χ3v) is 3.95. The summed E-state index contributed by atoms with van der Waals surface area (Å²) in [6.45, 7) is 3.11. The van der Waals surface area contributed by atoms with E-state index in [1.807, 2.05) is 42.5 Å². The van der Waals surface area contributed by atoms with E-state index in [-0.39, 0.29) is 5.91 Å². The Balaban J connectivity index is 1.82. The van der Waals surface area contributed by atoms with Crippen LogP contribution in [0.2, 0.25) is 0 Å². The Bertz CT molecular complexity index is 664. The number of hydrogen-bond donors (Lipinski definition) is 2. The maximum absolute atomic E-state index is 12.4. The Kier molecular flexibility index (Phi) is 3.91. The molecular formula is C18H20N2O. The number of aryl methyl sites for hydroxylation is 2. The van der Waals surface area contributed by atoms with Crippen LogP contribution < -0.4 is 10.6 Å². The fourth-order valence-corrected chi connectivity index (χ4v) is 2.76. The second-order valence-corrected chi connectivity index (χ2v) is 5.37. The lowest BCUT2D eigenvalue weighted by molar-refractivity contribution is 0.102. The van der Waals surface area contributed by atoms with Gasteiger partial charge in [0.25, 0.3) is 5.91 Å². The van der Waals surface area contributed by atoms with E-state index in [0.717, 1.165) is 48.3 Å². The predicted octanol–water partition coefficient (Wildman–Crippen LogP) is 3.86. The lowest BCUT2D eigenvalue weighted by Crippen LogP contribution is -2.16. The molecule has 2 aromatic carbocycles. The number of amides is 1. The molecule has 3 heteroatoms. The molecule has 1 aliphatic heterocycles. The second kappa shape index (κ2) is 6.00. The summed E-state index contributed by atoms with van der Waals surface area (Å²) in [6.07, 6.45) is 3.07. The van der Waals surface area contributed by atoms with Crippen LogP contribution in [-0.2, 0) is 12.8 Å². The van der Waals surface area contributed by atoms with Crippen LogP contribution in [0.25, 0.3) is 0 Å². The summed E-state index contributed by atoms with van der Waals surface area (Å²) in [5.74, 6) is -0.0377. The number of anilines is 2. The summed E-state index contributed by atoms with van der Waals surface area (Å²) in [7, 11) is 0. The summed E-state index contributed by atoms with van der Waals surface area (Å²) in [4.78, 5) is 12.4. The molecule has 3 rings (SSSR count). The maximum Gasteiger partial charge on any atom is 0.255 e. The van der Waals surface area contributed by atoms with Gasteiger partial charge in [0, 0.05) is 23.5 Å². The van der Waals surface area contributed by atoms with Gasteiger partial charge in [0.2, 0.25) is 0 Å². The zero-order chi connectivity index (χ0) is 14.7. The predicted molar refractivity (Wildman–Crippen MR) is 87.0 cm³/mol. The molecule has 0 atom stereocenters. The topological polar surface area (TPSA) is 41.1 Å². The van der Waals surface area contributed by atoms with Crippen LogP contribution in [-0.4, -0.2) is 12.5 Å². The van der Waals surface area contributed by atoms with Crippen molar-refractivity contribution in [2.75, 3.05) is 17.2 Å². The molecule has 0 radical (unpaired) electrons. The van der Waals surface area contributed by atoms with Gasteiger partial charge < -0.3 is 10.6 Å². The van der Waals surface area contributed by atoms with Gasteiger partial charge in [-0.05, 0) is 54.7 Å². The molecule has 108 valence electrons. The first kappa shape index (κ1) is 13.7. The van der Waals surface area contributed by atoms with E-state index in [2.05, 4.69) is 17.6 Å². The number of benzene rings is 2. The van der Waals surface area contributed by atoms with Crippen LogP contribution in [0.3, 0.4) is 0 Å². The Labute approximate surface area is 125 Å². The van der Waals surface area contributed by atoms with E-state index in [1.54, 1.807) is 0 Å². The minimum Gasteiger partial charge on any atom is -0.385 e. The van der Waals surface area contributed by atoms with E-state index in [4.69, 9.17) is 0 Å². The highest BCUT2D eigenvalue weighted by molar-refractivity contribution is 6.05. The van der Waals surface area contributed by atoms with Gasteiger partial charge in [-0.1, -0.05) is 25.1 Å². The third kappa shape index (κ3) is 2.92. The molecule has 0 spiro atoms. The zero-order valence-corrected chi connectivity index (χ0v) is 12.3. The van der Waals surface area contributed by atoms with Crippen LogP contribution in [0.4, 0.5) is 11.4 Å². The van der Waals surface area contributed by atoms with Crippen molar-refractivity contribution < 1.29 is 4.79 Å². The first-order valence-electron chi connectivity index (χ1n) is 7.54. The molecule has 0 aliphatic carbocycles. The Morgan fingerprint density at radius 2 is 2.10 bits per heavy atom. The first-order valence-corrected chi connectivity index (χ1v) is 7.54. The molecule has 2 N–H and O–H groups in total. The van der Waals surface area contributed by atoms with Crippen molar-refractivity contribution in [2.24, 2.45) is 0 Å². The molecule has 3 nitrogen and oxygen atoms in total. The van der Waals surface area contributed by atoms with Crippen molar-refractivity contribution in [1.82, 2.24) is 0 Å². The number of rotatable bonds is 3. The van der Waals surface area contributed by atoms with Crippen molar-refractivity contribution in [3.05, 3.63) is 59.2 Å². The molecule has 0 aromatic heterocycles. The first-order chi connectivity index (χ1) is 10.3.